The van der Waals surface area contributed by atoms with Crippen LogP contribution in [0.15, 0.2) is 29.7 Å². The molecule has 0 saturated heterocycles. The molecule has 2 nitrogen and oxygen atoms in total. The van der Waals surface area contributed by atoms with Crippen LogP contribution in [0.4, 0.5) is 0 Å². The Bertz CT molecular complexity index is 195. The molecule has 0 N–H and O–H groups in total. The van der Waals surface area contributed by atoms with Crippen LogP contribution in [0, 0.1) is 6.08 Å². The molecule has 0 unspecified atom stereocenters. The van der Waals surface area contributed by atoms with Crippen molar-refractivity contribution in [2.45, 2.75) is 0 Å². The maximum absolute atomic E-state index is 4.96. The van der Waals surface area contributed by atoms with Gasteiger partial charge in [0.15, 0.2) is 0 Å². The Kier molecular flexibility index (Phi) is 2.08. The molecule has 1 aliphatic rings. The Morgan fingerprint density at radius 3 is 2.70 bits per heavy atom. The van der Waals surface area contributed by atoms with E-state index in [1.807, 2.05) is 6.08 Å². The smallest absolute Gasteiger partial charge is 0.293 e. The van der Waals surface area contributed by atoms with E-state index in [2.05, 4.69) is 6.08 Å². The molecule has 0 aliphatic heterocycles. The van der Waals surface area contributed by atoms with Crippen LogP contribution in [0.25, 0.3) is 0 Å². The van der Waals surface area contributed by atoms with Crippen LogP contribution in [-0.4, -0.2) is 14.2 Å². The number of hydrogen-bond donors (Lipinski definition) is 0. The quantitative estimate of drug-likeness (QED) is 0.536. The lowest BCUT2D eigenvalue weighted by molar-refractivity contribution is 0.282. The van der Waals surface area contributed by atoms with E-state index >= 15 is 0 Å². The molecule has 0 atom stereocenters. The van der Waals surface area contributed by atoms with Gasteiger partial charge in [-0.15, -0.1) is 0 Å². The number of ether oxygens (including phenoxy) is 2. The van der Waals surface area contributed by atoms with E-state index in [0.29, 0.717) is 5.76 Å². The van der Waals surface area contributed by atoms with Gasteiger partial charge in [-0.25, -0.2) is 0 Å². The van der Waals surface area contributed by atoms with Crippen LogP contribution >= 0.6 is 0 Å². The van der Waals surface area contributed by atoms with Crippen molar-refractivity contribution >= 4 is 0 Å². The van der Waals surface area contributed by atoms with Crippen molar-refractivity contribution < 1.29 is 9.47 Å². The van der Waals surface area contributed by atoms with Crippen LogP contribution in [0.5, 0.6) is 0 Å². The highest BCUT2D eigenvalue weighted by atomic mass is 16.5. The van der Waals surface area contributed by atoms with Gasteiger partial charge in [0.2, 0.25) is 5.76 Å². The van der Waals surface area contributed by atoms with Crippen LogP contribution < -0.4 is 0 Å². The van der Waals surface area contributed by atoms with E-state index < -0.39 is 0 Å². The van der Waals surface area contributed by atoms with Crippen molar-refractivity contribution in [3.8, 4) is 0 Å². The van der Waals surface area contributed by atoms with Crippen molar-refractivity contribution in [1.29, 1.82) is 0 Å². The molecule has 0 saturated carbocycles. The third-order valence-electron chi connectivity index (χ3n) is 1.20. The number of allylic oxidation sites excluding steroid dienone is 4. The molecule has 10 heavy (non-hydrogen) atoms. The molecule has 1 aliphatic carbocycles. The molecule has 1 rings (SSSR count). The second-order valence-electron chi connectivity index (χ2n) is 1.80. The molecule has 52 valence electrons. The topological polar surface area (TPSA) is 18.5 Å². The lowest BCUT2D eigenvalue weighted by Crippen LogP contribution is -1.90. The normalized spacial score (nSPS) is 15.0. The molecule has 0 aromatic heterocycles. The van der Waals surface area contributed by atoms with Gasteiger partial charge in [0.05, 0.1) is 26.4 Å². The minimum Gasteiger partial charge on any atom is -0.475 e. The summed E-state index contributed by atoms with van der Waals surface area (Å²) in [7, 11) is 3.22. The zero-order chi connectivity index (χ0) is 7.40. The first kappa shape index (κ1) is 6.84. The molecular weight excluding hydrogens is 128 g/mol. The monoisotopic (exact) mass is 137 g/mol. The fraction of sp³-hybridized carbons (Fsp3) is 0.250. The van der Waals surface area contributed by atoms with Crippen molar-refractivity contribution in [2.24, 2.45) is 0 Å². The van der Waals surface area contributed by atoms with Crippen molar-refractivity contribution in [1.82, 2.24) is 0 Å². The molecular formula is C8H9O2+. The van der Waals surface area contributed by atoms with Crippen LogP contribution in [-0.2, 0) is 9.47 Å². The third kappa shape index (κ3) is 1.36. The highest BCUT2D eigenvalue weighted by molar-refractivity contribution is 5.29. The van der Waals surface area contributed by atoms with E-state index in [9.17, 15) is 0 Å². The fourth-order valence-electron chi connectivity index (χ4n) is 0.670. The first-order chi connectivity index (χ1) is 4.86. The molecule has 0 fully saturated rings. The van der Waals surface area contributed by atoms with Crippen LogP contribution in [0.3, 0.4) is 0 Å². The van der Waals surface area contributed by atoms with Crippen molar-refractivity contribution in [3.05, 3.63) is 35.8 Å². The average molecular weight is 137 g/mol. The summed E-state index contributed by atoms with van der Waals surface area (Å²) in [6, 6.07) is 0. The number of hydrogen-bond acceptors (Lipinski definition) is 2. The van der Waals surface area contributed by atoms with Crippen molar-refractivity contribution in [3.63, 3.8) is 0 Å². The van der Waals surface area contributed by atoms with Crippen LogP contribution in [0.2, 0.25) is 0 Å². The summed E-state index contributed by atoms with van der Waals surface area (Å²) in [6.07, 6.45) is 8.25. The molecule has 2 heteroatoms. The Balaban J connectivity index is 2.74. The molecule has 0 spiro atoms. The van der Waals surface area contributed by atoms with Gasteiger partial charge in [-0.1, -0.05) is 0 Å². The summed E-state index contributed by atoms with van der Waals surface area (Å²) in [5, 5.41) is 0. The summed E-state index contributed by atoms with van der Waals surface area (Å²) in [5.74, 6) is 1.48. The van der Waals surface area contributed by atoms with Gasteiger partial charge in [0.25, 0.3) is 5.76 Å². The summed E-state index contributed by atoms with van der Waals surface area (Å²) in [6.45, 7) is 0. The van der Waals surface area contributed by atoms with E-state index in [4.69, 9.17) is 9.47 Å². The van der Waals surface area contributed by atoms with Gasteiger partial charge in [-0.3, -0.25) is 0 Å². The summed E-state index contributed by atoms with van der Waals surface area (Å²) >= 11 is 0. The van der Waals surface area contributed by atoms with E-state index in [1.54, 1.807) is 26.4 Å². The van der Waals surface area contributed by atoms with E-state index in [-0.39, 0.29) is 0 Å². The van der Waals surface area contributed by atoms with Gasteiger partial charge in [-0.05, 0) is 0 Å². The van der Waals surface area contributed by atoms with E-state index in [0.717, 1.165) is 5.76 Å². The predicted molar refractivity (Wildman–Crippen MR) is 38.0 cm³/mol. The number of methoxy groups -OCH3 is 2. The highest BCUT2D eigenvalue weighted by Crippen LogP contribution is 2.10. The highest BCUT2D eigenvalue weighted by Gasteiger charge is 2.09. The summed E-state index contributed by atoms with van der Waals surface area (Å²) in [5.41, 5.74) is 0. The minimum atomic E-state index is 0.694. The Morgan fingerprint density at radius 2 is 2.10 bits per heavy atom. The molecule has 0 heterocycles. The molecule has 0 amide bonds. The van der Waals surface area contributed by atoms with Gasteiger partial charge < -0.3 is 9.47 Å². The van der Waals surface area contributed by atoms with Gasteiger partial charge in [-0.2, -0.15) is 0 Å². The van der Waals surface area contributed by atoms with Gasteiger partial charge >= 0.3 is 0 Å². The standard InChI is InChI=1S/C8H9O2/c1-9-7-4-3-5-8(6-7)10-2/h3-4,6H,1-2H3/q+1. The lowest BCUT2D eigenvalue weighted by Gasteiger charge is -1.96. The predicted octanol–water partition coefficient (Wildman–Crippen LogP) is 1.42. The maximum atomic E-state index is 4.96. The Hall–Kier alpha value is -1.27. The molecule has 0 bridgehead atoms. The van der Waals surface area contributed by atoms with Crippen LogP contribution in [0.1, 0.15) is 0 Å². The van der Waals surface area contributed by atoms with Gasteiger partial charge in [0, 0.05) is 0 Å². The largest absolute Gasteiger partial charge is 0.475 e. The molecule has 0 aromatic carbocycles. The summed E-state index contributed by atoms with van der Waals surface area (Å²) in [4.78, 5) is 0. The minimum absolute atomic E-state index is 0.694. The third-order valence-corrected chi connectivity index (χ3v) is 1.20. The fourth-order valence-corrected chi connectivity index (χ4v) is 0.670. The first-order valence-electron chi connectivity index (χ1n) is 2.96. The lowest BCUT2D eigenvalue weighted by atomic mass is 10.2. The first-order valence-corrected chi connectivity index (χ1v) is 2.96. The Labute approximate surface area is 60.4 Å². The zero-order valence-corrected chi connectivity index (χ0v) is 6.05. The summed E-state index contributed by atoms with van der Waals surface area (Å²) < 4.78 is 9.88. The van der Waals surface area contributed by atoms with Crippen molar-refractivity contribution in [2.75, 3.05) is 14.2 Å². The molecule has 0 radical (unpaired) electrons. The zero-order valence-electron chi connectivity index (χ0n) is 6.05. The SMILES string of the molecule is COC1=[C+]C=CC(OC)=C1. The van der Waals surface area contributed by atoms with E-state index in [1.165, 1.54) is 0 Å². The van der Waals surface area contributed by atoms with Gasteiger partial charge in [0.1, 0.15) is 12.2 Å². The Morgan fingerprint density at radius 1 is 1.30 bits per heavy atom. The average Bonchev–Trinajstić information content (AvgIpc) is 2.05. The maximum Gasteiger partial charge on any atom is 0.293 e. The number of rotatable bonds is 2. The second kappa shape index (κ2) is 3.04. The second-order valence-corrected chi connectivity index (χ2v) is 1.80. The molecule has 0 aromatic rings.